The minimum absolute atomic E-state index is 0.0290. The van der Waals surface area contributed by atoms with E-state index in [2.05, 4.69) is 24.8 Å². The normalized spacial score (nSPS) is 11.4. The molecule has 3 aromatic rings. The molecule has 0 aliphatic heterocycles. The van der Waals surface area contributed by atoms with E-state index in [1.54, 1.807) is 13.0 Å². The lowest BCUT2D eigenvalue weighted by atomic mass is 10.3. The number of nitrogens with one attached hydrogen (secondary N) is 1. The zero-order chi connectivity index (χ0) is 18.9. The largest absolute Gasteiger partial charge is 0.481 e. The monoisotopic (exact) mass is 380 g/mol. The average molecular weight is 380 g/mol. The Hall–Kier alpha value is -3.15. The standard InChI is InChI=1S/C14H16N6O5S/c1-8-5-6-15-12(25-4)11(8)26(21,22)19-13-17-14-16-9(23-2)7-10(24-3)20(14)18-13/h5-7H,1-4H3,(H,18,19). The van der Waals surface area contributed by atoms with Gasteiger partial charge in [0.2, 0.25) is 17.6 Å². The molecule has 0 aromatic carbocycles. The van der Waals surface area contributed by atoms with Gasteiger partial charge in [0.15, 0.2) is 4.90 Å². The summed E-state index contributed by atoms with van der Waals surface area (Å²) in [6.07, 6.45) is 1.46. The van der Waals surface area contributed by atoms with Gasteiger partial charge < -0.3 is 14.2 Å². The van der Waals surface area contributed by atoms with E-state index in [9.17, 15) is 8.42 Å². The first-order valence-corrected chi connectivity index (χ1v) is 8.76. The number of rotatable bonds is 6. The summed E-state index contributed by atoms with van der Waals surface area (Å²) in [5, 5.41) is 4.07. The number of aromatic nitrogens is 5. The Balaban J connectivity index is 2.06. The van der Waals surface area contributed by atoms with Crippen molar-refractivity contribution < 1.29 is 22.6 Å². The molecule has 1 N–H and O–H groups in total. The van der Waals surface area contributed by atoms with E-state index in [4.69, 9.17) is 14.2 Å². The summed E-state index contributed by atoms with van der Waals surface area (Å²) in [6, 6.07) is 3.05. The van der Waals surface area contributed by atoms with Crippen molar-refractivity contribution in [1.29, 1.82) is 0 Å². The molecule has 3 rings (SSSR count). The fourth-order valence-corrected chi connectivity index (χ4v) is 3.56. The SMILES string of the molecule is COc1cc(OC)n2nc(NS(=O)(=O)c3c(C)ccnc3OC)nc2n1. The quantitative estimate of drug-likeness (QED) is 0.655. The van der Waals surface area contributed by atoms with Crippen molar-refractivity contribution >= 4 is 21.7 Å². The topological polar surface area (TPSA) is 130 Å². The Morgan fingerprint density at radius 1 is 1.12 bits per heavy atom. The van der Waals surface area contributed by atoms with Crippen LogP contribution >= 0.6 is 0 Å². The number of sulfonamides is 1. The third-order valence-corrected chi connectivity index (χ3v) is 4.92. The Morgan fingerprint density at radius 3 is 2.54 bits per heavy atom. The molecule has 0 unspecified atom stereocenters. The molecule has 3 aromatic heterocycles. The molecule has 3 heterocycles. The van der Waals surface area contributed by atoms with Crippen molar-refractivity contribution in [2.45, 2.75) is 11.8 Å². The van der Waals surface area contributed by atoms with Crippen molar-refractivity contribution in [2.24, 2.45) is 0 Å². The summed E-state index contributed by atoms with van der Waals surface area (Å²) in [5.74, 6) is 0.419. The number of fused-ring (bicyclic) bond motifs is 1. The molecule has 0 fully saturated rings. The predicted octanol–water partition coefficient (Wildman–Crippen LogP) is 0.654. The molecule has 0 saturated heterocycles. The molecule has 0 spiro atoms. The number of aryl methyl sites for hydroxylation is 1. The Kier molecular flexibility index (Phi) is 4.50. The van der Waals surface area contributed by atoms with Crippen LogP contribution in [0.4, 0.5) is 5.95 Å². The van der Waals surface area contributed by atoms with Crippen molar-refractivity contribution in [2.75, 3.05) is 26.1 Å². The van der Waals surface area contributed by atoms with Crippen LogP contribution in [0.15, 0.2) is 23.2 Å². The summed E-state index contributed by atoms with van der Waals surface area (Å²) < 4.78 is 44.4. The molecule has 0 radical (unpaired) electrons. The molecule has 0 amide bonds. The Labute approximate surface area is 149 Å². The van der Waals surface area contributed by atoms with Crippen LogP contribution in [0.2, 0.25) is 0 Å². The molecule has 0 aliphatic rings. The van der Waals surface area contributed by atoms with Gasteiger partial charge in [0.25, 0.3) is 21.7 Å². The van der Waals surface area contributed by atoms with Gasteiger partial charge in [-0.05, 0) is 18.6 Å². The summed E-state index contributed by atoms with van der Waals surface area (Å²) >= 11 is 0. The lowest BCUT2D eigenvalue weighted by Gasteiger charge is -2.10. The molecule has 0 aliphatic carbocycles. The number of pyridine rings is 1. The molecular formula is C14H16N6O5S. The lowest BCUT2D eigenvalue weighted by Crippen LogP contribution is -2.17. The van der Waals surface area contributed by atoms with Gasteiger partial charge in [-0.1, -0.05) is 0 Å². The summed E-state index contributed by atoms with van der Waals surface area (Å²) in [6.45, 7) is 1.63. The van der Waals surface area contributed by atoms with Crippen molar-refractivity contribution in [3.05, 3.63) is 23.9 Å². The summed E-state index contributed by atoms with van der Waals surface area (Å²) in [5.41, 5.74) is 0.463. The van der Waals surface area contributed by atoms with Gasteiger partial charge in [0.05, 0.1) is 27.4 Å². The molecule has 26 heavy (non-hydrogen) atoms. The van der Waals surface area contributed by atoms with Crippen molar-refractivity contribution in [3.63, 3.8) is 0 Å². The highest BCUT2D eigenvalue weighted by Crippen LogP contribution is 2.26. The van der Waals surface area contributed by atoms with Crippen LogP contribution in [0, 0.1) is 6.92 Å². The second-order valence-electron chi connectivity index (χ2n) is 5.06. The van der Waals surface area contributed by atoms with Gasteiger partial charge in [-0.2, -0.15) is 14.5 Å². The van der Waals surface area contributed by atoms with Gasteiger partial charge in [-0.25, -0.2) is 18.1 Å². The fourth-order valence-electron chi connectivity index (χ4n) is 2.28. The number of anilines is 1. The van der Waals surface area contributed by atoms with Gasteiger partial charge in [-0.15, -0.1) is 5.10 Å². The smallest absolute Gasteiger partial charge is 0.269 e. The fraction of sp³-hybridized carbons (Fsp3) is 0.286. The third-order valence-electron chi connectivity index (χ3n) is 3.43. The van der Waals surface area contributed by atoms with E-state index in [0.29, 0.717) is 5.56 Å². The van der Waals surface area contributed by atoms with Gasteiger partial charge in [0.1, 0.15) is 0 Å². The zero-order valence-electron chi connectivity index (χ0n) is 14.4. The number of ether oxygens (including phenoxy) is 3. The van der Waals surface area contributed by atoms with Crippen LogP contribution in [-0.2, 0) is 10.0 Å². The molecule has 0 bridgehead atoms. The number of methoxy groups -OCH3 is 3. The Morgan fingerprint density at radius 2 is 1.88 bits per heavy atom. The Bertz CT molecular complexity index is 1070. The second kappa shape index (κ2) is 6.63. The number of nitrogens with zero attached hydrogens (tertiary/aromatic N) is 5. The third kappa shape index (κ3) is 3.06. The van der Waals surface area contributed by atoms with E-state index in [1.807, 2.05) is 0 Å². The number of hydrogen-bond donors (Lipinski definition) is 1. The van der Waals surface area contributed by atoms with E-state index < -0.39 is 10.0 Å². The van der Waals surface area contributed by atoms with Crippen LogP contribution in [0.1, 0.15) is 5.56 Å². The highest BCUT2D eigenvalue weighted by molar-refractivity contribution is 7.92. The maximum atomic E-state index is 12.8. The summed E-state index contributed by atoms with van der Waals surface area (Å²) in [7, 11) is 0.167. The molecule has 138 valence electrons. The first-order valence-electron chi connectivity index (χ1n) is 7.28. The van der Waals surface area contributed by atoms with Gasteiger partial charge in [-0.3, -0.25) is 0 Å². The maximum absolute atomic E-state index is 12.8. The van der Waals surface area contributed by atoms with Crippen LogP contribution in [0.3, 0.4) is 0 Å². The first kappa shape index (κ1) is 17.7. The molecule has 0 atom stereocenters. The van der Waals surface area contributed by atoms with Gasteiger partial charge in [0, 0.05) is 6.20 Å². The number of hydrogen-bond acceptors (Lipinski definition) is 9. The first-order chi connectivity index (χ1) is 12.4. The van der Waals surface area contributed by atoms with Crippen LogP contribution in [-0.4, -0.2) is 54.3 Å². The molecule has 12 heteroatoms. The molecular weight excluding hydrogens is 364 g/mol. The van der Waals surface area contributed by atoms with E-state index in [1.165, 1.54) is 38.1 Å². The highest BCUT2D eigenvalue weighted by atomic mass is 32.2. The van der Waals surface area contributed by atoms with Crippen molar-refractivity contribution in [3.8, 4) is 17.6 Å². The minimum Gasteiger partial charge on any atom is -0.481 e. The van der Waals surface area contributed by atoms with Gasteiger partial charge >= 0.3 is 0 Å². The highest BCUT2D eigenvalue weighted by Gasteiger charge is 2.25. The maximum Gasteiger partial charge on any atom is 0.269 e. The van der Waals surface area contributed by atoms with E-state index in [-0.39, 0.29) is 34.3 Å². The van der Waals surface area contributed by atoms with E-state index in [0.717, 1.165) is 0 Å². The van der Waals surface area contributed by atoms with Crippen LogP contribution in [0.25, 0.3) is 5.78 Å². The zero-order valence-corrected chi connectivity index (χ0v) is 15.2. The minimum atomic E-state index is -4.05. The van der Waals surface area contributed by atoms with Crippen molar-refractivity contribution in [1.82, 2.24) is 24.6 Å². The van der Waals surface area contributed by atoms with E-state index >= 15 is 0 Å². The summed E-state index contributed by atoms with van der Waals surface area (Å²) in [4.78, 5) is 12.0. The molecule has 11 nitrogen and oxygen atoms in total. The molecule has 0 saturated carbocycles. The average Bonchev–Trinajstić information content (AvgIpc) is 3.01. The van der Waals surface area contributed by atoms with Crippen LogP contribution < -0.4 is 18.9 Å². The lowest BCUT2D eigenvalue weighted by molar-refractivity contribution is 0.365. The van der Waals surface area contributed by atoms with Crippen LogP contribution in [0.5, 0.6) is 17.6 Å². The second-order valence-corrected chi connectivity index (χ2v) is 6.68. The predicted molar refractivity (Wildman–Crippen MR) is 90.2 cm³/mol.